The Morgan fingerprint density at radius 3 is 2.62 bits per heavy atom. The third-order valence-corrected chi connectivity index (χ3v) is 5.85. The summed E-state index contributed by atoms with van der Waals surface area (Å²) in [6, 6.07) is 8.85. The van der Waals surface area contributed by atoms with E-state index in [-0.39, 0.29) is 24.0 Å². The number of hydrogen-bond acceptors (Lipinski definition) is 5. The van der Waals surface area contributed by atoms with Gasteiger partial charge in [-0.05, 0) is 38.0 Å². The first-order valence-electron chi connectivity index (χ1n) is 10.3. The van der Waals surface area contributed by atoms with Crippen LogP contribution in [0, 0.1) is 5.92 Å². The molecule has 0 unspecified atom stereocenters. The Labute approximate surface area is 170 Å². The number of ether oxygens (including phenoxy) is 1. The third kappa shape index (κ3) is 4.44. The summed E-state index contributed by atoms with van der Waals surface area (Å²) >= 11 is 0. The molecule has 7 nitrogen and oxygen atoms in total. The molecule has 2 heterocycles. The lowest BCUT2D eigenvalue weighted by Crippen LogP contribution is -2.42. The first kappa shape index (κ1) is 19.5. The summed E-state index contributed by atoms with van der Waals surface area (Å²) in [4.78, 5) is 28.7. The molecule has 0 bridgehead atoms. The molecule has 154 valence electrons. The standard InChI is InChI=1S/C22H27N3O4/c1-15(20-10-13-28-23-20)24(2)21(26)17-4-3-5-19(14-17)29-18-8-11-25(12-9-18)22(27)16-6-7-16/h3-5,10,13-16,18H,6-9,11-12H2,1-2H3/t15-/m0/s1. The molecule has 2 aliphatic rings. The smallest absolute Gasteiger partial charge is 0.254 e. The second-order valence-electron chi connectivity index (χ2n) is 7.96. The summed E-state index contributed by atoms with van der Waals surface area (Å²) in [5, 5.41) is 3.92. The number of aromatic nitrogens is 1. The maximum Gasteiger partial charge on any atom is 0.254 e. The summed E-state index contributed by atoms with van der Waals surface area (Å²) in [6.45, 7) is 3.40. The van der Waals surface area contributed by atoms with Gasteiger partial charge in [-0.15, -0.1) is 0 Å². The van der Waals surface area contributed by atoms with E-state index in [1.54, 1.807) is 30.1 Å². The summed E-state index contributed by atoms with van der Waals surface area (Å²) < 4.78 is 11.0. The van der Waals surface area contributed by atoms with Crippen molar-refractivity contribution in [1.29, 1.82) is 0 Å². The van der Waals surface area contributed by atoms with Gasteiger partial charge in [-0.3, -0.25) is 9.59 Å². The van der Waals surface area contributed by atoms with E-state index in [4.69, 9.17) is 9.26 Å². The Kier molecular flexibility index (Phi) is 5.56. The Hall–Kier alpha value is -2.83. The van der Waals surface area contributed by atoms with Crippen molar-refractivity contribution < 1.29 is 18.8 Å². The average Bonchev–Trinajstić information content (AvgIpc) is 3.46. The fraction of sp³-hybridized carbons (Fsp3) is 0.500. The van der Waals surface area contributed by atoms with Crippen molar-refractivity contribution in [2.75, 3.05) is 20.1 Å². The molecule has 29 heavy (non-hydrogen) atoms. The predicted molar refractivity (Wildman–Crippen MR) is 106 cm³/mol. The number of nitrogens with zero attached hydrogens (tertiary/aromatic N) is 3. The zero-order valence-electron chi connectivity index (χ0n) is 16.9. The molecule has 0 spiro atoms. The van der Waals surface area contributed by atoms with Crippen LogP contribution in [-0.2, 0) is 4.79 Å². The summed E-state index contributed by atoms with van der Waals surface area (Å²) in [6.07, 6.45) is 5.29. The molecule has 1 saturated heterocycles. The topological polar surface area (TPSA) is 75.9 Å². The maximum absolute atomic E-state index is 12.9. The van der Waals surface area contributed by atoms with Gasteiger partial charge in [0.15, 0.2) is 0 Å². The number of benzene rings is 1. The number of carbonyl (C=O) groups is 2. The second-order valence-corrected chi connectivity index (χ2v) is 7.96. The molecule has 2 fully saturated rings. The van der Waals surface area contributed by atoms with E-state index in [2.05, 4.69) is 5.16 Å². The van der Waals surface area contributed by atoms with Gasteiger partial charge < -0.3 is 19.1 Å². The van der Waals surface area contributed by atoms with E-state index in [0.29, 0.717) is 22.9 Å². The fourth-order valence-electron chi connectivity index (χ4n) is 3.69. The van der Waals surface area contributed by atoms with Gasteiger partial charge >= 0.3 is 0 Å². The second kappa shape index (κ2) is 8.27. The summed E-state index contributed by atoms with van der Waals surface area (Å²) in [5.74, 6) is 1.16. The van der Waals surface area contributed by atoms with E-state index in [1.165, 1.54) is 6.26 Å². The highest BCUT2D eigenvalue weighted by Gasteiger charge is 2.35. The Morgan fingerprint density at radius 2 is 1.97 bits per heavy atom. The maximum atomic E-state index is 12.9. The van der Waals surface area contributed by atoms with Crippen LogP contribution in [0.4, 0.5) is 0 Å². The minimum atomic E-state index is -0.195. The van der Waals surface area contributed by atoms with Gasteiger partial charge in [-0.1, -0.05) is 11.2 Å². The van der Waals surface area contributed by atoms with E-state index in [9.17, 15) is 9.59 Å². The number of amides is 2. The third-order valence-electron chi connectivity index (χ3n) is 5.85. The van der Waals surface area contributed by atoms with Gasteiger partial charge in [0, 0.05) is 50.5 Å². The highest BCUT2D eigenvalue weighted by Crippen LogP contribution is 2.32. The molecular formula is C22H27N3O4. The molecule has 0 radical (unpaired) electrons. The first-order valence-corrected chi connectivity index (χ1v) is 10.3. The SMILES string of the molecule is C[C@@H](c1ccon1)N(C)C(=O)c1cccc(OC2CCN(C(=O)C3CC3)CC2)c1. The number of piperidine rings is 1. The van der Waals surface area contributed by atoms with E-state index in [0.717, 1.165) is 38.8 Å². The number of hydrogen-bond donors (Lipinski definition) is 0. The van der Waals surface area contributed by atoms with Gasteiger partial charge in [-0.25, -0.2) is 0 Å². The van der Waals surface area contributed by atoms with Crippen LogP contribution in [0.15, 0.2) is 41.1 Å². The average molecular weight is 397 g/mol. The normalized spacial score (nSPS) is 18.3. The van der Waals surface area contributed by atoms with E-state index in [1.807, 2.05) is 24.0 Å². The van der Waals surface area contributed by atoms with Crippen LogP contribution in [0.25, 0.3) is 0 Å². The summed E-state index contributed by atoms with van der Waals surface area (Å²) in [7, 11) is 1.75. The van der Waals surface area contributed by atoms with Crippen LogP contribution in [0.2, 0.25) is 0 Å². The Morgan fingerprint density at radius 1 is 1.21 bits per heavy atom. The molecule has 1 aliphatic heterocycles. The van der Waals surface area contributed by atoms with Crippen LogP contribution in [0.5, 0.6) is 5.75 Å². The van der Waals surface area contributed by atoms with Crippen molar-refractivity contribution in [1.82, 2.24) is 15.0 Å². The van der Waals surface area contributed by atoms with Crippen LogP contribution in [0.3, 0.4) is 0 Å². The van der Waals surface area contributed by atoms with Crippen molar-refractivity contribution in [3.05, 3.63) is 47.9 Å². The summed E-state index contributed by atoms with van der Waals surface area (Å²) in [5.41, 5.74) is 1.28. The number of carbonyl (C=O) groups excluding carboxylic acids is 2. The van der Waals surface area contributed by atoms with Crippen molar-refractivity contribution >= 4 is 11.8 Å². The van der Waals surface area contributed by atoms with Gasteiger partial charge in [0.1, 0.15) is 23.8 Å². The molecule has 1 aliphatic carbocycles. The monoisotopic (exact) mass is 397 g/mol. The largest absolute Gasteiger partial charge is 0.490 e. The Bertz CT molecular complexity index is 855. The minimum absolute atomic E-state index is 0.0652. The van der Waals surface area contributed by atoms with Crippen molar-refractivity contribution in [2.24, 2.45) is 5.92 Å². The van der Waals surface area contributed by atoms with E-state index < -0.39 is 0 Å². The van der Waals surface area contributed by atoms with E-state index >= 15 is 0 Å². The molecule has 0 N–H and O–H groups in total. The first-order chi connectivity index (χ1) is 14.0. The van der Waals surface area contributed by atoms with Crippen LogP contribution in [0.1, 0.15) is 54.7 Å². The van der Waals surface area contributed by atoms with Gasteiger partial charge in [0.2, 0.25) is 5.91 Å². The van der Waals surface area contributed by atoms with Crippen molar-refractivity contribution in [3.63, 3.8) is 0 Å². The van der Waals surface area contributed by atoms with Gasteiger partial charge in [0.05, 0.1) is 6.04 Å². The van der Waals surface area contributed by atoms with Crippen LogP contribution < -0.4 is 4.74 Å². The van der Waals surface area contributed by atoms with Crippen molar-refractivity contribution in [2.45, 2.75) is 44.8 Å². The fourth-order valence-corrected chi connectivity index (χ4v) is 3.69. The highest BCUT2D eigenvalue weighted by molar-refractivity contribution is 5.94. The Balaban J connectivity index is 1.35. The van der Waals surface area contributed by atoms with Crippen LogP contribution >= 0.6 is 0 Å². The molecule has 1 saturated carbocycles. The van der Waals surface area contributed by atoms with Gasteiger partial charge in [-0.2, -0.15) is 0 Å². The lowest BCUT2D eigenvalue weighted by molar-refractivity contribution is -0.134. The zero-order valence-corrected chi connectivity index (χ0v) is 16.9. The molecule has 2 amide bonds. The number of rotatable bonds is 6. The molecule has 1 aromatic carbocycles. The molecule has 1 aromatic heterocycles. The quantitative estimate of drug-likeness (QED) is 0.748. The van der Waals surface area contributed by atoms with Gasteiger partial charge in [0.25, 0.3) is 5.91 Å². The highest BCUT2D eigenvalue weighted by atomic mass is 16.5. The molecule has 7 heteroatoms. The van der Waals surface area contributed by atoms with Crippen LogP contribution in [-0.4, -0.2) is 53.0 Å². The predicted octanol–water partition coefficient (Wildman–Crippen LogP) is 3.29. The van der Waals surface area contributed by atoms with Crippen molar-refractivity contribution in [3.8, 4) is 5.75 Å². The molecule has 4 rings (SSSR count). The lowest BCUT2D eigenvalue weighted by atomic mass is 10.1. The lowest BCUT2D eigenvalue weighted by Gasteiger charge is -2.32. The zero-order chi connectivity index (χ0) is 20.4. The minimum Gasteiger partial charge on any atom is -0.490 e. The number of likely N-dealkylation sites (tertiary alicyclic amines) is 1. The molecule has 1 atom stereocenters. The molecular weight excluding hydrogens is 370 g/mol. The molecule has 2 aromatic rings.